The summed E-state index contributed by atoms with van der Waals surface area (Å²) in [4.78, 5) is 0. The molecule has 1 heterocycles. The quantitative estimate of drug-likeness (QED) is 0.867. The molecule has 1 atom stereocenters. The first-order valence-corrected chi connectivity index (χ1v) is 7.08. The van der Waals surface area contributed by atoms with E-state index in [-0.39, 0.29) is 11.7 Å². The van der Waals surface area contributed by atoms with Gasteiger partial charge >= 0.3 is 0 Å². The zero-order valence-corrected chi connectivity index (χ0v) is 11.7. The van der Waals surface area contributed by atoms with Gasteiger partial charge in [-0.05, 0) is 31.9 Å². The number of hydrogen-bond donors (Lipinski definition) is 1. The Morgan fingerprint density at radius 1 is 1.28 bits per heavy atom. The Balaban J connectivity index is 2.32. The average Bonchev–Trinajstić information content (AvgIpc) is 2.31. The van der Waals surface area contributed by atoms with Crippen LogP contribution in [0.25, 0.3) is 0 Å². The van der Waals surface area contributed by atoms with E-state index in [1.54, 1.807) is 0 Å². The maximum Gasteiger partial charge on any atom is 0.125 e. The Morgan fingerprint density at radius 2 is 1.94 bits per heavy atom. The molecule has 100 valence electrons. The summed E-state index contributed by atoms with van der Waals surface area (Å²) in [5.74, 6) is 0.876. The van der Waals surface area contributed by atoms with Crippen molar-refractivity contribution in [3.8, 4) is 5.75 Å². The zero-order chi connectivity index (χ0) is 13.2. The van der Waals surface area contributed by atoms with Gasteiger partial charge in [0.15, 0.2) is 0 Å². The molecule has 2 rings (SSSR count). The Kier molecular flexibility index (Phi) is 3.96. The van der Waals surface area contributed by atoms with Gasteiger partial charge in [0.2, 0.25) is 0 Å². The van der Waals surface area contributed by atoms with Crippen molar-refractivity contribution >= 4 is 0 Å². The number of benzene rings is 1. The second kappa shape index (κ2) is 5.31. The summed E-state index contributed by atoms with van der Waals surface area (Å²) in [7, 11) is 0. The molecule has 0 fully saturated rings. The third-order valence-corrected chi connectivity index (χ3v) is 3.83. The van der Waals surface area contributed by atoms with Crippen LogP contribution >= 0.6 is 0 Å². The van der Waals surface area contributed by atoms with Crippen LogP contribution in [0.15, 0.2) is 18.2 Å². The van der Waals surface area contributed by atoms with Crippen molar-refractivity contribution in [2.75, 3.05) is 0 Å². The van der Waals surface area contributed by atoms with E-state index in [9.17, 15) is 5.11 Å². The van der Waals surface area contributed by atoms with Crippen molar-refractivity contribution < 1.29 is 9.84 Å². The lowest BCUT2D eigenvalue weighted by Gasteiger charge is -2.41. The van der Waals surface area contributed by atoms with E-state index >= 15 is 0 Å². The molecule has 1 aromatic carbocycles. The van der Waals surface area contributed by atoms with E-state index in [0.717, 1.165) is 43.4 Å². The van der Waals surface area contributed by atoms with Crippen molar-refractivity contribution in [3.63, 3.8) is 0 Å². The minimum atomic E-state index is -0.383. The third-order valence-electron chi connectivity index (χ3n) is 3.83. The summed E-state index contributed by atoms with van der Waals surface area (Å²) in [6.07, 6.45) is 4.57. The molecule has 0 amide bonds. The lowest BCUT2D eigenvalue weighted by Crippen LogP contribution is -2.41. The average molecular weight is 248 g/mol. The summed E-state index contributed by atoms with van der Waals surface area (Å²) < 4.78 is 6.27. The molecule has 0 radical (unpaired) electrons. The molecule has 2 heteroatoms. The second-order valence-electron chi connectivity index (χ2n) is 5.55. The van der Waals surface area contributed by atoms with E-state index < -0.39 is 0 Å². The second-order valence-corrected chi connectivity index (χ2v) is 5.55. The smallest absolute Gasteiger partial charge is 0.125 e. The molecule has 1 aromatic rings. The number of hydrogen-bond acceptors (Lipinski definition) is 2. The van der Waals surface area contributed by atoms with E-state index in [2.05, 4.69) is 19.9 Å². The van der Waals surface area contributed by atoms with Crippen LogP contribution in [0.4, 0.5) is 0 Å². The van der Waals surface area contributed by atoms with Crippen LogP contribution in [-0.4, -0.2) is 10.7 Å². The maximum absolute atomic E-state index is 10.4. The van der Waals surface area contributed by atoms with Gasteiger partial charge < -0.3 is 9.84 Å². The first-order valence-electron chi connectivity index (χ1n) is 7.08. The Morgan fingerprint density at radius 3 is 2.56 bits per heavy atom. The summed E-state index contributed by atoms with van der Waals surface area (Å²) in [5.41, 5.74) is 1.97. The Hall–Kier alpha value is -1.02. The predicted molar refractivity (Wildman–Crippen MR) is 73.9 cm³/mol. The number of aliphatic hydroxyl groups excluding tert-OH is 1. The summed E-state index contributed by atoms with van der Waals surface area (Å²) in [6.45, 7) is 6.41. The first kappa shape index (κ1) is 13.4. The van der Waals surface area contributed by atoms with Crippen molar-refractivity contribution in [2.24, 2.45) is 0 Å². The number of aliphatic hydroxyl groups is 1. The zero-order valence-electron chi connectivity index (χ0n) is 11.7. The highest BCUT2D eigenvalue weighted by molar-refractivity contribution is 5.40. The normalized spacial score (nSPS) is 21.2. The van der Waals surface area contributed by atoms with Gasteiger partial charge in [-0.2, -0.15) is 0 Å². The number of fused-ring (bicyclic) bond motifs is 1. The molecular formula is C16H24O2. The van der Waals surface area contributed by atoms with Gasteiger partial charge in [-0.15, -0.1) is 0 Å². The van der Waals surface area contributed by atoms with Gasteiger partial charge in [-0.25, -0.2) is 0 Å². The third kappa shape index (κ3) is 2.54. The van der Waals surface area contributed by atoms with Gasteiger partial charge in [0.25, 0.3) is 0 Å². The highest BCUT2D eigenvalue weighted by atomic mass is 16.5. The minimum Gasteiger partial charge on any atom is -0.487 e. The SMILES string of the molecule is CCCC1(CCC)C[C@H](O)c2cc(C)ccc2O1. The van der Waals surface area contributed by atoms with Gasteiger partial charge in [0.05, 0.1) is 6.10 Å². The van der Waals surface area contributed by atoms with Crippen molar-refractivity contribution in [1.29, 1.82) is 0 Å². The molecule has 2 nitrogen and oxygen atoms in total. The summed E-state index contributed by atoms with van der Waals surface area (Å²) in [5, 5.41) is 10.4. The van der Waals surface area contributed by atoms with Gasteiger partial charge in [-0.1, -0.05) is 38.3 Å². The van der Waals surface area contributed by atoms with Crippen LogP contribution in [0.2, 0.25) is 0 Å². The van der Waals surface area contributed by atoms with Crippen LogP contribution in [0, 0.1) is 6.92 Å². The van der Waals surface area contributed by atoms with Crippen molar-refractivity contribution in [2.45, 2.75) is 64.6 Å². The molecule has 0 aliphatic carbocycles. The minimum absolute atomic E-state index is 0.162. The number of aryl methyl sites for hydroxylation is 1. The van der Waals surface area contributed by atoms with Crippen LogP contribution < -0.4 is 4.74 Å². The largest absolute Gasteiger partial charge is 0.487 e. The van der Waals surface area contributed by atoms with E-state index in [1.807, 2.05) is 19.1 Å². The molecule has 1 aliphatic rings. The Bertz CT molecular complexity index is 406. The molecule has 0 unspecified atom stereocenters. The highest BCUT2D eigenvalue weighted by Gasteiger charge is 2.38. The van der Waals surface area contributed by atoms with Crippen LogP contribution in [0.5, 0.6) is 5.75 Å². The topological polar surface area (TPSA) is 29.5 Å². The molecule has 1 N–H and O–H groups in total. The first-order chi connectivity index (χ1) is 8.60. The van der Waals surface area contributed by atoms with Gasteiger partial charge in [-0.3, -0.25) is 0 Å². The summed E-state index contributed by atoms with van der Waals surface area (Å²) >= 11 is 0. The fraction of sp³-hybridized carbons (Fsp3) is 0.625. The predicted octanol–water partition coefficient (Wildman–Crippen LogP) is 4.15. The van der Waals surface area contributed by atoms with Crippen molar-refractivity contribution in [3.05, 3.63) is 29.3 Å². The Labute approximate surface area is 110 Å². The molecular weight excluding hydrogens is 224 g/mol. The molecule has 18 heavy (non-hydrogen) atoms. The van der Waals surface area contributed by atoms with E-state index in [4.69, 9.17) is 4.74 Å². The van der Waals surface area contributed by atoms with Crippen LogP contribution in [-0.2, 0) is 0 Å². The van der Waals surface area contributed by atoms with Gasteiger partial charge in [0.1, 0.15) is 11.4 Å². The van der Waals surface area contributed by atoms with Gasteiger partial charge in [0, 0.05) is 12.0 Å². The van der Waals surface area contributed by atoms with E-state index in [1.165, 1.54) is 5.56 Å². The maximum atomic E-state index is 10.4. The fourth-order valence-electron chi connectivity index (χ4n) is 3.10. The summed E-state index contributed by atoms with van der Waals surface area (Å²) in [6, 6.07) is 6.11. The molecule has 0 aromatic heterocycles. The molecule has 0 saturated carbocycles. The van der Waals surface area contributed by atoms with Crippen LogP contribution in [0.1, 0.15) is 63.2 Å². The lowest BCUT2D eigenvalue weighted by molar-refractivity contribution is -0.0268. The molecule has 0 bridgehead atoms. The standard InChI is InChI=1S/C16H24O2/c1-4-8-16(9-5-2)11-14(17)13-10-12(3)6-7-15(13)18-16/h6-7,10,14,17H,4-5,8-9,11H2,1-3H3/t14-/m0/s1. The fourth-order valence-corrected chi connectivity index (χ4v) is 3.10. The number of ether oxygens (including phenoxy) is 1. The van der Waals surface area contributed by atoms with Crippen molar-refractivity contribution in [1.82, 2.24) is 0 Å². The molecule has 0 saturated heterocycles. The van der Waals surface area contributed by atoms with Crippen LogP contribution in [0.3, 0.4) is 0 Å². The highest BCUT2D eigenvalue weighted by Crippen LogP contribution is 2.44. The molecule has 0 spiro atoms. The lowest BCUT2D eigenvalue weighted by atomic mass is 9.82. The van der Waals surface area contributed by atoms with E-state index in [0.29, 0.717) is 0 Å². The number of rotatable bonds is 4. The monoisotopic (exact) mass is 248 g/mol. The molecule has 1 aliphatic heterocycles.